The zero-order valence-corrected chi connectivity index (χ0v) is 12.1. The fourth-order valence-corrected chi connectivity index (χ4v) is 4.19. The Balaban J connectivity index is 1.93. The summed E-state index contributed by atoms with van der Waals surface area (Å²) in [6, 6.07) is 3.31. The molecule has 2 rings (SSSR count). The van der Waals surface area contributed by atoms with Gasteiger partial charge in [0.15, 0.2) is 0 Å². The summed E-state index contributed by atoms with van der Waals surface area (Å²) in [5, 5.41) is 3.66. The molecule has 0 aromatic heterocycles. The molecule has 3 unspecified atom stereocenters. The van der Waals surface area contributed by atoms with E-state index in [-0.39, 0.29) is 0 Å². The normalized spacial score (nSPS) is 35.5. The molecule has 0 aromatic carbocycles. The van der Waals surface area contributed by atoms with Gasteiger partial charge >= 0.3 is 0 Å². The van der Waals surface area contributed by atoms with Crippen LogP contribution in [0.1, 0.15) is 59.8 Å². The molecule has 0 aliphatic carbocycles. The fourth-order valence-electron chi connectivity index (χ4n) is 4.19. The van der Waals surface area contributed by atoms with Crippen LogP contribution in [0.4, 0.5) is 0 Å². The molecule has 0 amide bonds. The van der Waals surface area contributed by atoms with Crippen molar-refractivity contribution in [2.45, 2.75) is 84.0 Å². The van der Waals surface area contributed by atoms with Gasteiger partial charge in [-0.05, 0) is 51.5 Å². The maximum atomic E-state index is 3.66. The number of nitrogens with zero attached hydrogens (tertiary/aromatic N) is 1. The second-order valence-corrected chi connectivity index (χ2v) is 6.54. The highest BCUT2D eigenvalue weighted by Crippen LogP contribution is 2.38. The van der Waals surface area contributed by atoms with Crippen molar-refractivity contribution in [3.8, 4) is 0 Å². The molecule has 0 spiro atoms. The molecule has 3 atom stereocenters. The van der Waals surface area contributed by atoms with Crippen molar-refractivity contribution in [3.63, 3.8) is 0 Å². The molecule has 0 radical (unpaired) electrons. The maximum absolute atomic E-state index is 3.66. The molecule has 2 fully saturated rings. The first kappa shape index (κ1) is 13.4. The van der Waals surface area contributed by atoms with E-state index in [1.54, 1.807) is 0 Å². The van der Waals surface area contributed by atoms with Crippen LogP contribution in [-0.4, -0.2) is 35.6 Å². The molecule has 1 N–H and O–H groups in total. The van der Waals surface area contributed by atoms with E-state index < -0.39 is 0 Å². The summed E-state index contributed by atoms with van der Waals surface area (Å²) in [6.45, 7) is 10.5. The van der Waals surface area contributed by atoms with E-state index in [0.29, 0.717) is 0 Å². The standard InChI is InChI=1S/C15H30N2/c1-5-16-13-9-14-6-7-15(10-13)17(14)12(4)8-11(2)3/h11-16H,5-10H2,1-4H3. The van der Waals surface area contributed by atoms with Crippen LogP contribution in [0.2, 0.25) is 0 Å². The van der Waals surface area contributed by atoms with Crippen LogP contribution in [0.5, 0.6) is 0 Å². The van der Waals surface area contributed by atoms with Crippen molar-refractivity contribution in [2.24, 2.45) is 5.92 Å². The van der Waals surface area contributed by atoms with Crippen LogP contribution in [0.15, 0.2) is 0 Å². The van der Waals surface area contributed by atoms with E-state index in [0.717, 1.165) is 36.6 Å². The summed E-state index contributed by atoms with van der Waals surface area (Å²) in [5.74, 6) is 0.830. The van der Waals surface area contributed by atoms with Gasteiger partial charge in [0.25, 0.3) is 0 Å². The Morgan fingerprint density at radius 1 is 1.12 bits per heavy atom. The van der Waals surface area contributed by atoms with E-state index in [2.05, 4.69) is 37.9 Å². The predicted octanol–water partition coefficient (Wildman–Crippen LogP) is 3.03. The predicted molar refractivity (Wildman–Crippen MR) is 74.3 cm³/mol. The number of hydrogen-bond acceptors (Lipinski definition) is 2. The molecule has 100 valence electrons. The van der Waals surface area contributed by atoms with Crippen LogP contribution in [0.3, 0.4) is 0 Å². The highest BCUT2D eigenvalue weighted by molar-refractivity contribution is 4.99. The zero-order valence-electron chi connectivity index (χ0n) is 12.1. The molecule has 17 heavy (non-hydrogen) atoms. The van der Waals surface area contributed by atoms with Crippen molar-refractivity contribution in [2.75, 3.05) is 6.54 Å². The van der Waals surface area contributed by atoms with Gasteiger partial charge in [0.2, 0.25) is 0 Å². The van der Waals surface area contributed by atoms with Crippen molar-refractivity contribution in [3.05, 3.63) is 0 Å². The van der Waals surface area contributed by atoms with Gasteiger partial charge in [-0.15, -0.1) is 0 Å². The van der Waals surface area contributed by atoms with E-state index in [4.69, 9.17) is 0 Å². The average molecular weight is 238 g/mol. The minimum Gasteiger partial charge on any atom is -0.314 e. The van der Waals surface area contributed by atoms with Crippen molar-refractivity contribution < 1.29 is 0 Å². The lowest BCUT2D eigenvalue weighted by Gasteiger charge is -2.43. The third-order valence-electron chi connectivity index (χ3n) is 4.60. The van der Waals surface area contributed by atoms with E-state index in [1.807, 2.05) is 0 Å². The minimum atomic E-state index is 0.787. The average Bonchev–Trinajstić information content (AvgIpc) is 2.50. The summed E-state index contributed by atoms with van der Waals surface area (Å²) in [7, 11) is 0. The summed E-state index contributed by atoms with van der Waals surface area (Å²) in [5.41, 5.74) is 0. The lowest BCUT2D eigenvalue weighted by Crippen LogP contribution is -2.52. The third kappa shape index (κ3) is 3.03. The van der Waals surface area contributed by atoms with Crippen LogP contribution < -0.4 is 5.32 Å². The zero-order chi connectivity index (χ0) is 12.4. The number of rotatable bonds is 5. The van der Waals surface area contributed by atoms with Gasteiger partial charge in [-0.2, -0.15) is 0 Å². The Bertz CT molecular complexity index is 225. The Morgan fingerprint density at radius 3 is 2.18 bits per heavy atom. The second kappa shape index (κ2) is 5.71. The minimum absolute atomic E-state index is 0.787. The largest absolute Gasteiger partial charge is 0.314 e. The molecule has 2 heterocycles. The molecule has 0 saturated carbocycles. The fraction of sp³-hybridized carbons (Fsp3) is 1.00. The maximum Gasteiger partial charge on any atom is 0.0116 e. The Kier molecular flexibility index (Phi) is 4.48. The van der Waals surface area contributed by atoms with E-state index >= 15 is 0 Å². The van der Waals surface area contributed by atoms with Gasteiger partial charge in [-0.25, -0.2) is 0 Å². The van der Waals surface area contributed by atoms with Gasteiger partial charge in [-0.1, -0.05) is 20.8 Å². The number of hydrogen-bond donors (Lipinski definition) is 1. The van der Waals surface area contributed by atoms with Gasteiger partial charge in [0.1, 0.15) is 0 Å². The number of piperidine rings is 1. The molecule has 2 saturated heterocycles. The van der Waals surface area contributed by atoms with Crippen LogP contribution in [0, 0.1) is 5.92 Å². The highest BCUT2D eigenvalue weighted by Gasteiger charge is 2.42. The van der Waals surface area contributed by atoms with Gasteiger partial charge < -0.3 is 5.32 Å². The summed E-state index contributed by atoms with van der Waals surface area (Å²) in [4.78, 5) is 2.86. The van der Waals surface area contributed by atoms with Crippen molar-refractivity contribution in [1.29, 1.82) is 0 Å². The van der Waals surface area contributed by atoms with E-state index in [1.165, 1.54) is 32.1 Å². The molecular weight excluding hydrogens is 208 g/mol. The van der Waals surface area contributed by atoms with Crippen LogP contribution in [-0.2, 0) is 0 Å². The monoisotopic (exact) mass is 238 g/mol. The van der Waals surface area contributed by atoms with Gasteiger partial charge in [0, 0.05) is 24.2 Å². The van der Waals surface area contributed by atoms with Crippen LogP contribution in [0.25, 0.3) is 0 Å². The molecule has 2 heteroatoms. The van der Waals surface area contributed by atoms with Crippen LogP contribution >= 0.6 is 0 Å². The molecule has 2 bridgehead atoms. The lowest BCUT2D eigenvalue weighted by atomic mass is 9.93. The molecule has 2 nitrogen and oxygen atoms in total. The number of nitrogens with one attached hydrogen (secondary N) is 1. The summed E-state index contributed by atoms with van der Waals surface area (Å²) < 4.78 is 0. The Morgan fingerprint density at radius 2 is 1.71 bits per heavy atom. The first-order chi connectivity index (χ1) is 8.11. The summed E-state index contributed by atoms with van der Waals surface area (Å²) in [6.07, 6.45) is 7.00. The molecule has 0 aromatic rings. The molecular formula is C15H30N2. The summed E-state index contributed by atoms with van der Waals surface area (Å²) >= 11 is 0. The molecule has 2 aliphatic rings. The first-order valence-corrected chi connectivity index (χ1v) is 7.62. The van der Waals surface area contributed by atoms with Crippen molar-refractivity contribution >= 4 is 0 Å². The topological polar surface area (TPSA) is 15.3 Å². The SMILES string of the molecule is CCNC1CC2CCC(C1)N2C(C)CC(C)C. The van der Waals surface area contributed by atoms with Gasteiger partial charge in [-0.3, -0.25) is 4.90 Å². The number of fused-ring (bicyclic) bond motifs is 2. The Hall–Kier alpha value is -0.0800. The quantitative estimate of drug-likeness (QED) is 0.792. The van der Waals surface area contributed by atoms with Gasteiger partial charge in [0.05, 0.1) is 0 Å². The van der Waals surface area contributed by atoms with E-state index in [9.17, 15) is 0 Å². The lowest BCUT2D eigenvalue weighted by molar-refractivity contribution is 0.0682. The van der Waals surface area contributed by atoms with Crippen molar-refractivity contribution in [1.82, 2.24) is 10.2 Å². The third-order valence-corrected chi connectivity index (χ3v) is 4.60. The second-order valence-electron chi connectivity index (χ2n) is 6.54. The first-order valence-electron chi connectivity index (χ1n) is 7.62. The molecule has 2 aliphatic heterocycles. The Labute approximate surface area is 107 Å². The highest BCUT2D eigenvalue weighted by atomic mass is 15.3. The smallest absolute Gasteiger partial charge is 0.0116 e.